The van der Waals surface area contributed by atoms with Crippen molar-refractivity contribution >= 4 is 50.1 Å². The van der Waals surface area contributed by atoms with E-state index in [4.69, 9.17) is 4.74 Å². The van der Waals surface area contributed by atoms with E-state index in [1.54, 1.807) is 7.05 Å². The van der Waals surface area contributed by atoms with Crippen LogP contribution in [0.5, 0.6) is 0 Å². The number of aliphatic hydroxyl groups is 1. The maximum Gasteiger partial charge on any atom is 0.250 e. The summed E-state index contributed by atoms with van der Waals surface area (Å²) in [6.07, 6.45) is 0.444. The number of alkyl halides is 1. The normalized spacial score (nSPS) is 31.7. The van der Waals surface area contributed by atoms with Crippen molar-refractivity contribution in [1.82, 2.24) is 10.2 Å². The molecule has 36 heavy (non-hydrogen) atoms. The lowest BCUT2D eigenvalue weighted by Crippen LogP contribution is -2.56. The van der Waals surface area contributed by atoms with Gasteiger partial charge in [0.2, 0.25) is 17.7 Å². The molecule has 0 radical (unpaired) electrons. The van der Waals surface area contributed by atoms with Crippen LogP contribution in [0.25, 0.3) is 10.8 Å². The van der Waals surface area contributed by atoms with Gasteiger partial charge in [-0.25, -0.2) is 0 Å². The summed E-state index contributed by atoms with van der Waals surface area (Å²) in [5.74, 6) is -2.26. The number of nitrogens with zero attached hydrogens (tertiary/aromatic N) is 1. The molecule has 3 saturated heterocycles. The number of ether oxygens (including phenoxy) is 1. The van der Waals surface area contributed by atoms with E-state index in [9.17, 15) is 19.5 Å². The number of likely N-dealkylation sites (tertiary alicyclic amines) is 1. The molecule has 2 bridgehead atoms. The molecule has 3 amide bonds. The molecule has 192 valence electrons. The highest BCUT2D eigenvalue weighted by Gasteiger charge is 2.77. The van der Waals surface area contributed by atoms with Crippen molar-refractivity contribution in [3.8, 4) is 0 Å². The number of aliphatic hydroxyl groups excluding tert-OH is 1. The standard InChI is InChI=1S/C27H32BrN3O5/c1-14(2)10-18(13-32)31-23(25(34)30-17-9-8-15-6-4-5-7-16(15)11-17)27-12-19(28)22(36-27)20(24(33)29-3)21(27)26(31)35/h4-9,11,14,18-23,32H,10,12-13H2,1-3H3,(H,29,33)(H,30,34)/t18-,19?,20+,21+,22+,23?,27?/m1/s1. The van der Waals surface area contributed by atoms with Crippen molar-refractivity contribution in [2.75, 3.05) is 19.0 Å². The third-order valence-electron chi connectivity index (χ3n) is 7.89. The minimum Gasteiger partial charge on any atom is -0.394 e. The predicted octanol–water partition coefficient (Wildman–Crippen LogP) is 2.68. The summed E-state index contributed by atoms with van der Waals surface area (Å²) in [5.41, 5.74) is -0.542. The van der Waals surface area contributed by atoms with Gasteiger partial charge >= 0.3 is 0 Å². The quantitative estimate of drug-likeness (QED) is 0.453. The van der Waals surface area contributed by atoms with Gasteiger partial charge < -0.3 is 25.4 Å². The fourth-order valence-corrected chi connectivity index (χ4v) is 7.47. The number of anilines is 1. The van der Waals surface area contributed by atoms with Crippen LogP contribution in [0.2, 0.25) is 0 Å². The number of halogens is 1. The van der Waals surface area contributed by atoms with E-state index < -0.39 is 35.6 Å². The summed E-state index contributed by atoms with van der Waals surface area (Å²) >= 11 is 3.65. The number of amides is 3. The highest BCUT2D eigenvalue weighted by atomic mass is 79.9. The number of fused-ring (bicyclic) bond motifs is 2. The molecule has 0 aliphatic carbocycles. The zero-order valence-corrected chi connectivity index (χ0v) is 22.2. The van der Waals surface area contributed by atoms with Crippen molar-refractivity contribution < 1.29 is 24.2 Å². The van der Waals surface area contributed by atoms with Crippen LogP contribution in [0.3, 0.4) is 0 Å². The summed E-state index contributed by atoms with van der Waals surface area (Å²) in [5, 5.41) is 18.0. The van der Waals surface area contributed by atoms with Crippen molar-refractivity contribution in [2.45, 2.75) is 55.3 Å². The Kier molecular flexibility index (Phi) is 6.59. The van der Waals surface area contributed by atoms with E-state index in [-0.39, 0.29) is 35.1 Å². The summed E-state index contributed by atoms with van der Waals surface area (Å²) in [7, 11) is 1.54. The Morgan fingerprint density at radius 3 is 2.58 bits per heavy atom. The van der Waals surface area contributed by atoms with Crippen molar-refractivity contribution in [2.24, 2.45) is 17.8 Å². The van der Waals surface area contributed by atoms with Crippen molar-refractivity contribution in [3.63, 3.8) is 0 Å². The summed E-state index contributed by atoms with van der Waals surface area (Å²) in [6, 6.07) is 12.0. The van der Waals surface area contributed by atoms with Gasteiger partial charge in [-0.2, -0.15) is 0 Å². The Labute approximate surface area is 218 Å². The summed E-state index contributed by atoms with van der Waals surface area (Å²) in [4.78, 5) is 42.3. The lowest BCUT2D eigenvalue weighted by molar-refractivity contribution is -0.144. The van der Waals surface area contributed by atoms with Gasteiger partial charge in [-0.15, -0.1) is 0 Å². The zero-order valence-electron chi connectivity index (χ0n) is 20.6. The third kappa shape index (κ3) is 3.83. The number of hydrogen-bond donors (Lipinski definition) is 3. The number of rotatable bonds is 7. The van der Waals surface area contributed by atoms with E-state index in [0.717, 1.165) is 10.8 Å². The Hall–Kier alpha value is -2.49. The Morgan fingerprint density at radius 2 is 1.92 bits per heavy atom. The van der Waals surface area contributed by atoms with Gasteiger partial charge in [0.25, 0.3) is 0 Å². The molecule has 9 heteroatoms. The molecule has 3 fully saturated rings. The third-order valence-corrected chi connectivity index (χ3v) is 8.73. The molecule has 3 heterocycles. The van der Waals surface area contributed by atoms with Crippen molar-refractivity contribution in [1.29, 1.82) is 0 Å². The molecule has 0 aromatic heterocycles. The van der Waals surface area contributed by atoms with Gasteiger partial charge in [-0.3, -0.25) is 14.4 Å². The molecule has 1 spiro atoms. The number of carbonyl (C=O) groups is 3. The van der Waals surface area contributed by atoms with Gasteiger partial charge in [0.15, 0.2) is 0 Å². The van der Waals surface area contributed by atoms with Crippen LogP contribution in [0.15, 0.2) is 42.5 Å². The molecular formula is C27H32BrN3O5. The first-order valence-electron chi connectivity index (χ1n) is 12.5. The van der Waals surface area contributed by atoms with Crippen LogP contribution in [-0.2, 0) is 19.1 Å². The van der Waals surface area contributed by atoms with Crippen LogP contribution in [-0.4, -0.2) is 70.0 Å². The lowest BCUT2D eigenvalue weighted by atomic mass is 9.70. The van der Waals surface area contributed by atoms with Gasteiger partial charge in [0, 0.05) is 17.6 Å². The van der Waals surface area contributed by atoms with Crippen LogP contribution >= 0.6 is 15.9 Å². The van der Waals surface area contributed by atoms with Crippen LogP contribution in [0.4, 0.5) is 5.69 Å². The highest BCUT2D eigenvalue weighted by molar-refractivity contribution is 9.09. The SMILES string of the molecule is CNC(=O)[C@H]1[C@H]2C(=O)N([C@@H](CO)CC(C)C)C(C(=O)Nc3ccc4ccccc4c3)C23CC(Br)[C@@H]1O3. The second kappa shape index (κ2) is 9.43. The van der Waals surface area contributed by atoms with Crippen LogP contribution in [0.1, 0.15) is 26.7 Å². The second-order valence-electron chi connectivity index (χ2n) is 10.5. The minimum atomic E-state index is -1.15. The largest absolute Gasteiger partial charge is 0.394 e. The molecule has 5 rings (SSSR count). The molecular weight excluding hydrogens is 526 g/mol. The van der Waals surface area contributed by atoms with E-state index in [2.05, 4.69) is 26.6 Å². The van der Waals surface area contributed by atoms with Gasteiger partial charge in [-0.05, 0) is 41.7 Å². The molecule has 3 aliphatic heterocycles. The fraction of sp³-hybridized carbons (Fsp3) is 0.519. The van der Waals surface area contributed by atoms with E-state index >= 15 is 0 Å². The zero-order chi connectivity index (χ0) is 25.8. The van der Waals surface area contributed by atoms with Gasteiger partial charge in [0.1, 0.15) is 11.6 Å². The number of carbonyl (C=O) groups excluding carboxylic acids is 3. The predicted molar refractivity (Wildman–Crippen MR) is 140 cm³/mol. The molecule has 2 aromatic rings. The van der Waals surface area contributed by atoms with Gasteiger partial charge in [0.05, 0.1) is 30.6 Å². The Morgan fingerprint density at radius 1 is 1.19 bits per heavy atom. The monoisotopic (exact) mass is 557 g/mol. The summed E-state index contributed by atoms with van der Waals surface area (Å²) < 4.78 is 6.46. The maximum absolute atomic E-state index is 14.0. The maximum atomic E-state index is 14.0. The average Bonchev–Trinajstić information content (AvgIpc) is 3.45. The molecule has 2 aromatic carbocycles. The minimum absolute atomic E-state index is 0.169. The highest BCUT2D eigenvalue weighted by Crippen LogP contribution is 2.60. The number of nitrogens with one attached hydrogen (secondary N) is 2. The lowest BCUT2D eigenvalue weighted by Gasteiger charge is -2.37. The van der Waals surface area contributed by atoms with E-state index in [1.807, 2.05) is 56.3 Å². The Bertz CT molecular complexity index is 1200. The Balaban J connectivity index is 1.56. The first kappa shape index (κ1) is 25.2. The van der Waals surface area contributed by atoms with Gasteiger partial charge in [-0.1, -0.05) is 60.1 Å². The first-order valence-corrected chi connectivity index (χ1v) is 13.4. The molecule has 3 aliphatic rings. The molecule has 0 saturated carbocycles. The van der Waals surface area contributed by atoms with E-state index in [1.165, 1.54) is 4.90 Å². The molecule has 3 N–H and O–H groups in total. The smallest absolute Gasteiger partial charge is 0.250 e. The first-order chi connectivity index (χ1) is 17.2. The number of hydrogen-bond acceptors (Lipinski definition) is 5. The molecule has 7 atom stereocenters. The average molecular weight is 558 g/mol. The van der Waals surface area contributed by atoms with E-state index in [0.29, 0.717) is 18.5 Å². The fourth-order valence-electron chi connectivity index (χ4n) is 6.52. The van der Waals surface area contributed by atoms with Crippen LogP contribution < -0.4 is 10.6 Å². The molecule has 3 unspecified atom stereocenters. The van der Waals surface area contributed by atoms with Crippen molar-refractivity contribution in [3.05, 3.63) is 42.5 Å². The topological polar surface area (TPSA) is 108 Å². The second-order valence-corrected chi connectivity index (χ2v) is 11.7. The van der Waals surface area contributed by atoms with Crippen LogP contribution in [0, 0.1) is 17.8 Å². The summed E-state index contributed by atoms with van der Waals surface area (Å²) in [6.45, 7) is 3.74. The number of benzene rings is 2. The molecule has 8 nitrogen and oxygen atoms in total.